The predicted molar refractivity (Wildman–Crippen MR) is 112 cm³/mol. The van der Waals surface area contributed by atoms with E-state index in [2.05, 4.69) is 17.5 Å². The third kappa shape index (κ3) is 5.52. The van der Waals surface area contributed by atoms with Crippen molar-refractivity contribution >= 4 is 18.1 Å². The number of nitrogens with zero attached hydrogens (tertiary/aromatic N) is 2. The van der Waals surface area contributed by atoms with E-state index in [-0.39, 0.29) is 5.91 Å². The number of amides is 1. The number of hydrogen-bond donors (Lipinski definition) is 2. The number of nitrogens with one attached hydrogen (secondary N) is 2. The summed E-state index contributed by atoms with van der Waals surface area (Å²) in [5.74, 6) is 1.31. The number of carbonyl (C=O) groups excluding carboxylic acids is 1. The Bertz CT molecular complexity index is 1010. The van der Waals surface area contributed by atoms with Crippen LogP contribution in [-0.4, -0.2) is 36.9 Å². The summed E-state index contributed by atoms with van der Waals surface area (Å²) >= 11 is 5.33. The van der Waals surface area contributed by atoms with Gasteiger partial charge in [0.2, 0.25) is 5.89 Å². The minimum Gasteiger partial charge on any atom is -0.497 e. The quantitative estimate of drug-likeness (QED) is 0.552. The molecule has 0 bridgehead atoms. The maximum atomic E-state index is 11.6. The van der Waals surface area contributed by atoms with Gasteiger partial charge >= 0.3 is 0 Å². The SMILES string of the molecule is CNC(=O)c1ccc(C[NH+](C)Cn2nc(Cc3ccc(OC)cc3)oc2=S)cc1. The Hall–Kier alpha value is -2.97. The summed E-state index contributed by atoms with van der Waals surface area (Å²) in [5.41, 5.74) is 2.85. The third-order valence-corrected chi connectivity index (χ3v) is 4.83. The van der Waals surface area contributed by atoms with E-state index in [0.717, 1.165) is 23.4 Å². The molecule has 0 aliphatic heterocycles. The van der Waals surface area contributed by atoms with Crippen molar-refractivity contribution in [3.63, 3.8) is 0 Å². The Balaban J connectivity index is 1.61. The second kappa shape index (κ2) is 9.49. The van der Waals surface area contributed by atoms with Crippen molar-refractivity contribution in [1.29, 1.82) is 0 Å². The molecule has 0 fully saturated rings. The predicted octanol–water partition coefficient (Wildman–Crippen LogP) is 1.84. The molecule has 7 nitrogen and oxygen atoms in total. The highest BCUT2D eigenvalue weighted by Crippen LogP contribution is 2.14. The number of aromatic nitrogens is 2. The first-order valence-corrected chi connectivity index (χ1v) is 9.71. The summed E-state index contributed by atoms with van der Waals surface area (Å²) in [4.78, 5) is 13.2. The van der Waals surface area contributed by atoms with Crippen LogP contribution >= 0.6 is 12.2 Å². The molecule has 2 N–H and O–H groups in total. The highest BCUT2D eigenvalue weighted by molar-refractivity contribution is 7.71. The normalized spacial score (nSPS) is 11.8. The van der Waals surface area contributed by atoms with Crippen molar-refractivity contribution < 1.29 is 18.8 Å². The summed E-state index contributed by atoms with van der Waals surface area (Å²) in [6.07, 6.45) is 0.570. The van der Waals surface area contributed by atoms with Crippen LogP contribution in [0.2, 0.25) is 0 Å². The van der Waals surface area contributed by atoms with Crippen LogP contribution in [0.25, 0.3) is 0 Å². The van der Waals surface area contributed by atoms with E-state index in [4.69, 9.17) is 21.4 Å². The average Bonchev–Trinajstić information content (AvgIpc) is 3.07. The second-order valence-corrected chi connectivity index (χ2v) is 7.20. The van der Waals surface area contributed by atoms with Crippen molar-refractivity contribution in [2.24, 2.45) is 0 Å². The van der Waals surface area contributed by atoms with Gasteiger partial charge in [-0.15, -0.1) is 5.10 Å². The van der Waals surface area contributed by atoms with Gasteiger partial charge in [-0.05, 0) is 42.0 Å². The number of carbonyl (C=O) groups is 1. The summed E-state index contributed by atoms with van der Waals surface area (Å²) < 4.78 is 12.5. The van der Waals surface area contributed by atoms with Gasteiger partial charge in [0.25, 0.3) is 10.7 Å². The highest BCUT2D eigenvalue weighted by atomic mass is 32.1. The molecular weight excluding hydrogens is 388 g/mol. The highest BCUT2D eigenvalue weighted by Gasteiger charge is 2.12. The maximum absolute atomic E-state index is 11.6. The van der Waals surface area contributed by atoms with E-state index in [1.807, 2.05) is 48.5 Å². The first-order valence-electron chi connectivity index (χ1n) is 9.30. The van der Waals surface area contributed by atoms with Gasteiger partial charge in [0.05, 0.1) is 20.6 Å². The standard InChI is InChI=1S/C21H24N4O3S/c1-22-20(26)17-8-4-16(5-9-17)13-24(2)14-25-21(29)28-19(23-25)12-15-6-10-18(27-3)11-7-15/h4-11H,12-14H2,1-3H3,(H,22,26)/p+1. The Kier molecular flexibility index (Phi) is 6.79. The molecule has 0 saturated heterocycles. The van der Waals surface area contributed by atoms with Crippen LogP contribution in [0.1, 0.15) is 27.4 Å². The first-order chi connectivity index (χ1) is 14.0. The minimum atomic E-state index is -0.0875. The number of benzene rings is 2. The molecule has 0 radical (unpaired) electrons. The van der Waals surface area contributed by atoms with Crippen LogP contribution in [-0.2, 0) is 19.6 Å². The lowest BCUT2D eigenvalue weighted by Crippen LogP contribution is -3.07. The Morgan fingerprint density at radius 2 is 1.83 bits per heavy atom. The number of methoxy groups -OCH3 is 1. The van der Waals surface area contributed by atoms with Crippen LogP contribution in [0.4, 0.5) is 0 Å². The smallest absolute Gasteiger partial charge is 0.291 e. The Morgan fingerprint density at radius 3 is 2.45 bits per heavy atom. The van der Waals surface area contributed by atoms with Crippen LogP contribution in [0.5, 0.6) is 5.75 Å². The van der Waals surface area contributed by atoms with Crippen LogP contribution in [0.15, 0.2) is 52.9 Å². The molecule has 1 amide bonds. The fraction of sp³-hybridized carbons (Fsp3) is 0.286. The fourth-order valence-corrected chi connectivity index (χ4v) is 3.22. The molecule has 8 heteroatoms. The molecule has 0 aliphatic rings. The van der Waals surface area contributed by atoms with Gasteiger partial charge in [-0.1, -0.05) is 24.3 Å². The molecule has 2 aromatic carbocycles. The van der Waals surface area contributed by atoms with Gasteiger partial charge in [-0.25, -0.2) is 0 Å². The third-order valence-electron chi connectivity index (χ3n) is 4.53. The van der Waals surface area contributed by atoms with Crippen molar-refractivity contribution in [1.82, 2.24) is 15.1 Å². The van der Waals surface area contributed by atoms with Gasteiger partial charge in [-0.3, -0.25) is 4.79 Å². The van der Waals surface area contributed by atoms with E-state index in [1.54, 1.807) is 18.8 Å². The van der Waals surface area contributed by atoms with Crippen LogP contribution in [0, 0.1) is 4.84 Å². The van der Waals surface area contributed by atoms with Gasteiger partial charge in [0.15, 0.2) is 6.67 Å². The van der Waals surface area contributed by atoms with Crippen molar-refractivity contribution in [2.45, 2.75) is 19.6 Å². The lowest BCUT2D eigenvalue weighted by atomic mass is 10.1. The fourth-order valence-electron chi connectivity index (χ4n) is 3.02. The van der Waals surface area contributed by atoms with Crippen LogP contribution < -0.4 is 15.0 Å². The molecular formula is C21H25N4O3S+. The lowest BCUT2D eigenvalue weighted by Gasteiger charge is -2.13. The summed E-state index contributed by atoms with van der Waals surface area (Å²) in [6.45, 7) is 1.36. The summed E-state index contributed by atoms with van der Waals surface area (Å²) in [7, 11) is 5.33. The number of rotatable bonds is 8. The minimum absolute atomic E-state index is 0.0875. The zero-order chi connectivity index (χ0) is 20.8. The lowest BCUT2D eigenvalue weighted by molar-refractivity contribution is -0.917. The van der Waals surface area contributed by atoms with E-state index < -0.39 is 0 Å². The summed E-state index contributed by atoms with van der Waals surface area (Å²) in [6, 6.07) is 15.4. The van der Waals surface area contributed by atoms with Crippen LogP contribution in [0.3, 0.4) is 0 Å². The van der Waals surface area contributed by atoms with Gasteiger partial charge in [0, 0.05) is 18.2 Å². The van der Waals surface area contributed by atoms with E-state index in [9.17, 15) is 4.79 Å². The number of ether oxygens (including phenoxy) is 1. The van der Waals surface area contributed by atoms with Gasteiger partial charge < -0.3 is 19.4 Å². The molecule has 1 aromatic heterocycles. The molecule has 1 unspecified atom stereocenters. The van der Waals surface area contributed by atoms with Crippen molar-refractivity contribution in [2.75, 3.05) is 21.2 Å². The topological polar surface area (TPSA) is 73.7 Å². The molecule has 0 spiro atoms. The maximum Gasteiger partial charge on any atom is 0.291 e. The molecule has 1 atom stereocenters. The van der Waals surface area contributed by atoms with E-state index >= 15 is 0 Å². The van der Waals surface area contributed by atoms with Gasteiger partial charge in [-0.2, -0.15) is 4.68 Å². The zero-order valence-corrected chi connectivity index (χ0v) is 17.6. The van der Waals surface area contributed by atoms with Crippen molar-refractivity contribution in [3.05, 3.63) is 75.9 Å². The molecule has 3 rings (SSSR count). The first kappa shape index (κ1) is 20.8. The zero-order valence-electron chi connectivity index (χ0n) is 16.8. The summed E-state index contributed by atoms with van der Waals surface area (Å²) in [5, 5.41) is 7.14. The molecule has 1 heterocycles. The molecule has 3 aromatic rings. The Labute approximate surface area is 174 Å². The molecule has 152 valence electrons. The van der Waals surface area contributed by atoms with Crippen molar-refractivity contribution in [3.8, 4) is 5.75 Å². The number of quaternary nitrogens is 1. The largest absolute Gasteiger partial charge is 0.497 e. The Morgan fingerprint density at radius 1 is 1.17 bits per heavy atom. The van der Waals surface area contributed by atoms with Gasteiger partial charge in [0.1, 0.15) is 12.3 Å². The average molecular weight is 414 g/mol. The van der Waals surface area contributed by atoms with E-state index in [1.165, 1.54) is 4.90 Å². The molecule has 0 aliphatic carbocycles. The molecule has 0 saturated carbocycles. The monoisotopic (exact) mass is 413 g/mol. The molecule has 29 heavy (non-hydrogen) atoms. The number of hydrogen-bond acceptors (Lipinski definition) is 5. The second-order valence-electron chi connectivity index (χ2n) is 6.85. The van der Waals surface area contributed by atoms with E-state index in [0.29, 0.717) is 29.4 Å².